The Morgan fingerprint density at radius 1 is 1.36 bits per heavy atom. The molecule has 1 aromatic carbocycles. The first-order valence-corrected chi connectivity index (χ1v) is 8.55. The summed E-state index contributed by atoms with van der Waals surface area (Å²) in [6.07, 6.45) is 3.02. The number of ether oxygens (including phenoxy) is 2. The lowest BCUT2D eigenvalue weighted by Crippen LogP contribution is -2.26. The number of methoxy groups -OCH3 is 2. The van der Waals surface area contributed by atoms with Gasteiger partial charge in [0, 0.05) is 44.1 Å². The Balaban J connectivity index is 1.45. The molecule has 3 rings (SSSR count). The molecule has 0 spiro atoms. The van der Waals surface area contributed by atoms with Gasteiger partial charge in [0.25, 0.3) is 0 Å². The lowest BCUT2D eigenvalue weighted by Gasteiger charge is -2.19. The molecule has 1 aliphatic rings. The Hall–Kier alpha value is -2.47. The highest BCUT2D eigenvalue weighted by Gasteiger charge is 2.22. The summed E-state index contributed by atoms with van der Waals surface area (Å²) in [6, 6.07) is 10.1. The first-order chi connectivity index (χ1) is 12.2. The quantitative estimate of drug-likeness (QED) is 0.756. The van der Waals surface area contributed by atoms with Crippen LogP contribution in [0.15, 0.2) is 36.5 Å². The van der Waals surface area contributed by atoms with Gasteiger partial charge in [-0.15, -0.1) is 0 Å². The number of benzene rings is 1. The van der Waals surface area contributed by atoms with Crippen LogP contribution in [0.5, 0.6) is 5.75 Å². The molecular weight excluding hydrogens is 318 g/mol. The molecule has 1 aliphatic heterocycles. The fourth-order valence-corrected chi connectivity index (χ4v) is 3.23. The van der Waals surface area contributed by atoms with Crippen molar-refractivity contribution in [3.05, 3.63) is 47.8 Å². The highest BCUT2D eigenvalue weighted by Crippen LogP contribution is 2.26. The van der Waals surface area contributed by atoms with Crippen LogP contribution in [0.4, 0.5) is 5.69 Å². The van der Waals surface area contributed by atoms with E-state index >= 15 is 0 Å². The topological polar surface area (TPSA) is 66.6 Å². The van der Waals surface area contributed by atoms with Crippen molar-refractivity contribution >= 4 is 11.7 Å². The highest BCUT2D eigenvalue weighted by molar-refractivity contribution is 5.87. The van der Waals surface area contributed by atoms with Gasteiger partial charge in [-0.1, -0.05) is 6.07 Å². The van der Waals surface area contributed by atoms with Crippen molar-refractivity contribution in [2.45, 2.75) is 13.0 Å². The molecule has 1 saturated heterocycles. The predicted octanol–water partition coefficient (Wildman–Crippen LogP) is 2.43. The first kappa shape index (κ1) is 17.4. The highest BCUT2D eigenvalue weighted by atomic mass is 16.5. The Bertz CT molecular complexity index is 713. The lowest BCUT2D eigenvalue weighted by atomic mass is 10.1. The average Bonchev–Trinajstić information content (AvgIpc) is 3.31. The Morgan fingerprint density at radius 3 is 3.04 bits per heavy atom. The van der Waals surface area contributed by atoms with Gasteiger partial charge in [-0.2, -0.15) is 0 Å². The standard InChI is InChI=1S/C19H25N3O3/c1-24-17-5-3-4-16(9-17)22-7-6-14(13-22)10-20-11-15-8-18(21-12-15)19(23)25-2/h3-5,8-9,12,14,20-21H,6-7,10-11,13H2,1-2H3/t14-/m0/s1. The second-order valence-electron chi connectivity index (χ2n) is 6.35. The number of rotatable bonds is 7. The van der Waals surface area contributed by atoms with Gasteiger partial charge in [-0.05, 0) is 36.1 Å². The van der Waals surface area contributed by atoms with Gasteiger partial charge >= 0.3 is 5.97 Å². The van der Waals surface area contributed by atoms with Gasteiger partial charge in [0.1, 0.15) is 11.4 Å². The van der Waals surface area contributed by atoms with Crippen molar-refractivity contribution in [2.75, 3.05) is 38.8 Å². The van der Waals surface area contributed by atoms with E-state index in [1.807, 2.05) is 24.4 Å². The smallest absolute Gasteiger partial charge is 0.354 e. The van der Waals surface area contributed by atoms with Crippen LogP contribution in [0.25, 0.3) is 0 Å². The number of anilines is 1. The molecule has 2 N–H and O–H groups in total. The molecule has 25 heavy (non-hydrogen) atoms. The van der Waals surface area contributed by atoms with E-state index in [4.69, 9.17) is 9.47 Å². The molecule has 0 saturated carbocycles. The SMILES string of the molecule is COC(=O)c1cc(CNC[C@@H]2CCN(c3cccc(OC)c3)C2)c[nH]1. The molecule has 1 atom stereocenters. The number of hydrogen-bond acceptors (Lipinski definition) is 5. The molecule has 0 unspecified atom stereocenters. The number of H-pyrrole nitrogens is 1. The zero-order valence-corrected chi connectivity index (χ0v) is 14.7. The molecule has 0 aliphatic carbocycles. The zero-order chi connectivity index (χ0) is 17.6. The Labute approximate surface area is 148 Å². The van der Waals surface area contributed by atoms with Crippen molar-refractivity contribution in [1.29, 1.82) is 0 Å². The average molecular weight is 343 g/mol. The maximum Gasteiger partial charge on any atom is 0.354 e. The predicted molar refractivity (Wildman–Crippen MR) is 97.2 cm³/mol. The minimum atomic E-state index is -0.337. The Morgan fingerprint density at radius 2 is 2.24 bits per heavy atom. The maximum atomic E-state index is 11.4. The van der Waals surface area contributed by atoms with Crippen LogP contribution in [0.1, 0.15) is 22.5 Å². The van der Waals surface area contributed by atoms with Gasteiger partial charge in [0.05, 0.1) is 14.2 Å². The molecule has 6 nitrogen and oxygen atoms in total. The molecule has 1 aromatic heterocycles. The number of aromatic amines is 1. The molecule has 1 fully saturated rings. The summed E-state index contributed by atoms with van der Waals surface area (Å²) in [5.41, 5.74) is 2.77. The lowest BCUT2D eigenvalue weighted by molar-refractivity contribution is 0.0595. The zero-order valence-electron chi connectivity index (χ0n) is 14.7. The van der Waals surface area contributed by atoms with Gasteiger partial charge in [0.2, 0.25) is 0 Å². The fraction of sp³-hybridized carbons (Fsp3) is 0.421. The number of carbonyl (C=O) groups excluding carboxylic acids is 1. The van der Waals surface area contributed by atoms with E-state index in [2.05, 4.69) is 27.3 Å². The minimum absolute atomic E-state index is 0.337. The van der Waals surface area contributed by atoms with E-state index in [0.717, 1.165) is 37.5 Å². The van der Waals surface area contributed by atoms with Crippen molar-refractivity contribution in [3.63, 3.8) is 0 Å². The van der Waals surface area contributed by atoms with E-state index < -0.39 is 0 Å². The molecule has 134 valence electrons. The van der Waals surface area contributed by atoms with Gasteiger partial charge < -0.3 is 24.7 Å². The summed E-state index contributed by atoms with van der Waals surface area (Å²) in [4.78, 5) is 16.8. The summed E-state index contributed by atoms with van der Waals surface area (Å²) >= 11 is 0. The second-order valence-corrected chi connectivity index (χ2v) is 6.35. The van der Waals surface area contributed by atoms with Crippen LogP contribution >= 0.6 is 0 Å². The molecule has 6 heteroatoms. The maximum absolute atomic E-state index is 11.4. The number of carbonyl (C=O) groups is 1. The first-order valence-electron chi connectivity index (χ1n) is 8.55. The van der Waals surface area contributed by atoms with Crippen molar-refractivity contribution in [2.24, 2.45) is 5.92 Å². The minimum Gasteiger partial charge on any atom is -0.497 e. The summed E-state index contributed by atoms with van der Waals surface area (Å²) in [5, 5.41) is 3.48. The number of aromatic nitrogens is 1. The summed E-state index contributed by atoms with van der Waals surface area (Å²) in [5.74, 6) is 1.18. The van der Waals surface area contributed by atoms with E-state index in [0.29, 0.717) is 11.6 Å². The molecule has 2 heterocycles. The van der Waals surface area contributed by atoms with E-state index in [1.165, 1.54) is 19.2 Å². The van der Waals surface area contributed by atoms with Crippen molar-refractivity contribution < 1.29 is 14.3 Å². The fourth-order valence-electron chi connectivity index (χ4n) is 3.23. The molecular formula is C19H25N3O3. The third-order valence-electron chi connectivity index (χ3n) is 4.61. The third-order valence-corrected chi connectivity index (χ3v) is 4.61. The number of esters is 1. The molecule has 0 amide bonds. The second kappa shape index (κ2) is 8.07. The van der Waals surface area contributed by atoms with E-state index in [-0.39, 0.29) is 5.97 Å². The number of hydrogen-bond donors (Lipinski definition) is 2. The van der Waals surface area contributed by atoms with Crippen LogP contribution in [-0.4, -0.2) is 44.8 Å². The normalized spacial score (nSPS) is 16.9. The van der Waals surface area contributed by atoms with Crippen LogP contribution in [0.3, 0.4) is 0 Å². The van der Waals surface area contributed by atoms with Crippen LogP contribution < -0.4 is 15.0 Å². The van der Waals surface area contributed by atoms with Crippen LogP contribution in [0.2, 0.25) is 0 Å². The third kappa shape index (κ3) is 4.33. The summed E-state index contributed by atoms with van der Waals surface area (Å²) in [7, 11) is 3.08. The monoisotopic (exact) mass is 343 g/mol. The number of nitrogens with one attached hydrogen (secondary N) is 2. The Kier molecular flexibility index (Phi) is 5.60. The van der Waals surface area contributed by atoms with Crippen molar-refractivity contribution in [1.82, 2.24) is 10.3 Å². The van der Waals surface area contributed by atoms with Gasteiger partial charge in [0.15, 0.2) is 0 Å². The molecule has 0 bridgehead atoms. The van der Waals surface area contributed by atoms with Gasteiger partial charge in [-0.3, -0.25) is 0 Å². The summed E-state index contributed by atoms with van der Waals surface area (Å²) < 4.78 is 10.0. The largest absolute Gasteiger partial charge is 0.497 e. The molecule has 2 aromatic rings. The number of nitrogens with zero attached hydrogens (tertiary/aromatic N) is 1. The van der Waals surface area contributed by atoms with E-state index in [9.17, 15) is 4.79 Å². The van der Waals surface area contributed by atoms with Gasteiger partial charge in [-0.25, -0.2) is 4.79 Å². The van der Waals surface area contributed by atoms with E-state index in [1.54, 1.807) is 7.11 Å². The van der Waals surface area contributed by atoms with Crippen LogP contribution in [-0.2, 0) is 11.3 Å². The van der Waals surface area contributed by atoms with Crippen LogP contribution in [0, 0.1) is 5.92 Å². The molecule has 0 radical (unpaired) electrons. The summed E-state index contributed by atoms with van der Waals surface area (Å²) in [6.45, 7) is 3.80. The van der Waals surface area contributed by atoms with Crippen molar-refractivity contribution in [3.8, 4) is 5.75 Å².